The highest BCUT2D eigenvalue weighted by atomic mass is 16.1. The first-order valence-corrected chi connectivity index (χ1v) is 8.56. The molecule has 2 heterocycles. The highest BCUT2D eigenvalue weighted by Crippen LogP contribution is 2.24. The molecule has 1 amide bonds. The van der Waals surface area contributed by atoms with E-state index in [1.165, 1.54) is 5.56 Å². The molecule has 25 heavy (non-hydrogen) atoms. The van der Waals surface area contributed by atoms with Crippen molar-refractivity contribution in [1.82, 2.24) is 9.97 Å². The first kappa shape index (κ1) is 17.1. The van der Waals surface area contributed by atoms with E-state index in [1.54, 1.807) is 18.5 Å². The number of nitrogens with zero attached hydrogens (tertiary/aromatic N) is 3. The lowest BCUT2D eigenvalue weighted by Crippen LogP contribution is -2.32. The number of aromatic nitrogens is 2. The van der Waals surface area contributed by atoms with Crippen LogP contribution in [-0.4, -0.2) is 29.0 Å². The minimum atomic E-state index is -0.0304. The Hall–Kier alpha value is -2.69. The van der Waals surface area contributed by atoms with Gasteiger partial charge in [0.2, 0.25) is 5.95 Å². The Balaban J connectivity index is 1.61. The van der Waals surface area contributed by atoms with Gasteiger partial charge in [-0.2, -0.15) is 0 Å². The molecule has 5 nitrogen and oxygen atoms in total. The Morgan fingerprint density at radius 3 is 2.36 bits per heavy atom. The first-order chi connectivity index (χ1) is 11.9. The SMILES string of the molecule is CC(C)(C)c1ccc(NC(=O)C2=CCN(c3ncccn3)CC2)cc1. The molecule has 5 heteroatoms. The normalized spacial score (nSPS) is 14.8. The van der Waals surface area contributed by atoms with Crippen LogP contribution < -0.4 is 10.2 Å². The molecule has 0 radical (unpaired) electrons. The number of anilines is 2. The van der Waals surface area contributed by atoms with Crippen molar-refractivity contribution in [3.8, 4) is 0 Å². The Labute approximate surface area is 148 Å². The van der Waals surface area contributed by atoms with Crippen molar-refractivity contribution in [2.24, 2.45) is 0 Å². The van der Waals surface area contributed by atoms with E-state index in [0.29, 0.717) is 18.9 Å². The average Bonchev–Trinajstić information content (AvgIpc) is 2.62. The topological polar surface area (TPSA) is 58.1 Å². The summed E-state index contributed by atoms with van der Waals surface area (Å²) in [5.74, 6) is 0.674. The lowest BCUT2D eigenvalue weighted by atomic mass is 9.87. The Kier molecular flexibility index (Phi) is 4.83. The van der Waals surface area contributed by atoms with E-state index in [9.17, 15) is 4.79 Å². The minimum Gasteiger partial charge on any atom is -0.337 e. The summed E-state index contributed by atoms with van der Waals surface area (Å²) >= 11 is 0. The van der Waals surface area contributed by atoms with Crippen molar-refractivity contribution in [1.29, 1.82) is 0 Å². The molecule has 3 rings (SSSR count). The lowest BCUT2D eigenvalue weighted by Gasteiger charge is -2.25. The maximum Gasteiger partial charge on any atom is 0.251 e. The van der Waals surface area contributed by atoms with Crippen LogP contribution >= 0.6 is 0 Å². The number of hydrogen-bond donors (Lipinski definition) is 1. The van der Waals surface area contributed by atoms with Crippen LogP contribution in [0.25, 0.3) is 0 Å². The van der Waals surface area contributed by atoms with Gasteiger partial charge in [-0.3, -0.25) is 4.79 Å². The van der Waals surface area contributed by atoms with Gasteiger partial charge in [-0.25, -0.2) is 9.97 Å². The number of nitrogens with one attached hydrogen (secondary N) is 1. The van der Waals surface area contributed by atoms with Gasteiger partial charge in [0.1, 0.15) is 0 Å². The van der Waals surface area contributed by atoms with Crippen LogP contribution in [0, 0.1) is 0 Å². The van der Waals surface area contributed by atoms with Crippen molar-refractivity contribution in [2.75, 3.05) is 23.3 Å². The molecule has 0 saturated heterocycles. The predicted molar refractivity (Wildman–Crippen MR) is 101 cm³/mol. The molecule has 0 atom stereocenters. The number of carbonyl (C=O) groups is 1. The number of carbonyl (C=O) groups excluding carboxylic acids is 1. The molecular formula is C20H24N4O. The molecule has 2 aromatic rings. The number of amides is 1. The molecule has 1 aromatic heterocycles. The third kappa shape index (κ3) is 4.24. The standard InChI is InChI=1S/C20H24N4O/c1-20(2,3)16-5-7-17(8-6-16)23-18(25)15-9-13-24(14-10-15)19-21-11-4-12-22-19/h4-9,11-12H,10,13-14H2,1-3H3,(H,23,25). The van der Waals surface area contributed by atoms with Gasteiger partial charge in [0.05, 0.1) is 0 Å². The smallest absolute Gasteiger partial charge is 0.251 e. The second kappa shape index (κ2) is 7.05. The molecule has 0 saturated carbocycles. The fourth-order valence-corrected chi connectivity index (χ4v) is 2.78. The summed E-state index contributed by atoms with van der Waals surface area (Å²) in [5, 5.41) is 2.99. The molecule has 1 N–H and O–H groups in total. The Morgan fingerprint density at radius 1 is 1.12 bits per heavy atom. The van der Waals surface area contributed by atoms with Gasteiger partial charge >= 0.3 is 0 Å². The molecule has 1 aliphatic heterocycles. The van der Waals surface area contributed by atoms with Gasteiger partial charge in [-0.15, -0.1) is 0 Å². The molecule has 0 aliphatic carbocycles. The zero-order valence-corrected chi connectivity index (χ0v) is 15.0. The molecule has 0 spiro atoms. The van der Waals surface area contributed by atoms with E-state index < -0.39 is 0 Å². The van der Waals surface area contributed by atoms with Crippen LogP contribution in [0.15, 0.2) is 54.4 Å². The summed E-state index contributed by atoms with van der Waals surface area (Å²) in [6, 6.07) is 9.86. The summed E-state index contributed by atoms with van der Waals surface area (Å²) in [5.41, 5.74) is 3.00. The van der Waals surface area contributed by atoms with Gasteiger partial charge in [0.15, 0.2) is 0 Å². The van der Waals surface area contributed by atoms with Crippen LogP contribution in [0.4, 0.5) is 11.6 Å². The van der Waals surface area contributed by atoms with Gasteiger partial charge in [-0.1, -0.05) is 39.0 Å². The average molecular weight is 336 g/mol. The Morgan fingerprint density at radius 2 is 1.80 bits per heavy atom. The predicted octanol–water partition coefficient (Wildman–Crippen LogP) is 3.55. The van der Waals surface area contributed by atoms with Crippen LogP contribution in [0.3, 0.4) is 0 Å². The van der Waals surface area contributed by atoms with E-state index in [2.05, 4.69) is 53.1 Å². The molecule has 0 fully saturated rings. The van der Waals surface area contributed by atoms with Crippen molar-refractivity contribution in [3.05, 3.63) is 59.9 Å². The van der Waals surface area contributed by atoms with Crippen molar-refractivity contribution < 1.29 is 4.79 Å². The fraction of sp³-hybridized carbons (Fsp3) is 0.350. The van der Waals surface area contributed by atoms with Gasteiger partial charge < -0.3 is 10.2 Å². The van der Waals surface area contributed by atoms with E-state index in [-0.39, 0.29) is 11.3 Å². The van der Waals surface area contributed by atoms with E-state index in [1.807, 2.05) is 18.2 Å². The number of hydrogen-bond acceptors (Lipinski definition) is 4. The van der Waals surface area contributed by atoms with E-state index >= 15 is 0 Å². The highest BCUT2D eigenvalue weighted by molar-refractivity contribution is 6.04. The van der Waals surface area contributed by atoms with Crippen LogP contribution in [0.1, 0.15) is 32.8 Å². The molecule has 1 aromatic carbocycles. The number of benzene rings is 1. The fourth-order valence-electron chi connectivity index (χ4n) is 2.78. The zero-order chi connectivity index (χ0) is 17.9. The maximum atomic E-state index is 12.5. The third-order valence-corrected chi connectivity index (χ3v) is 4.34. The lowest BCUT2D eigenvalue weighted by molar-refractivity contribution is -0.113. The minimum absolute atomic E-state index is 0.0304. The summed E-state index contributed by atoms with van der Waals surface area (Å²) in [7, 11) is 0. The van der Waals surface area contributed by atoms with Gasteiger partial charge in [0.25, 0.3) is 5.91 Å². The second-order valence-corrected chi connectivity index (χ2v) is 7.26. The molecule has 130 valence electrons. The number of rotatable bonds is 3. The highest BCUT2D eigenvalue weighted by Gasteiger charge is 2.19. The second-order valence-electron chi connectivity index (χ2n) is 7.26. The van der Waals surface area contributed by atoms with E-state index in [0.717, 1.165) is 17.8 Å². The van der Waals surface area contributed by atoms with Crippen molar-refractivity contribution in [2.45, 2.75) is 32.6 Å². The summed E-state index contributed by atoms with van der Waals surface area (Å²) < 4.78 is 0. The molecule has 0 unspecified atom stereocenters. The monoisotopic (exact) mass is 336 g/mol. The largest absolute Gasteiger partial charge is 0.337 e. The maximum absolute atomic E-state index is 12.5. The van der Waals surface area contributed by atoms with Crippen molar-refractivity contribution >= 4 is 17.5 Å². The molecule has 0 bridgehead atoms. The van der Waals surface area contributed by atoms with Crippen LogP contribution in [0.5, 0.6) is 0 Å². The van der Waals surface area contributed by atoms with Gasteiger partial charge in [0, 0.05) is 36.7 Å². The zero-order valence-electron chi connectivity index (χ0n) is 15.0. The van der Waals surface area contributed by atoms with Crippen LogP contribution in [-0.2, 0) is 10.2 Å². The quantitative estimate of drug-likeness (QED) is 0.931. The molecular weight excluding hydrogens is 312 g/mol. The first-order valence-electron chi connectivity index (χ1n) is 8.56. The third-order valence-electron chi connectivity index (χ3n) is 4.34. The van der Waals surface area contributed by atoms with Crippen LogP contribution in [0.2, 0.25) is 0 Å². The molecule has 1 aliphatic rings. The summed E-state index contributed by atoms with van der Waals surface area (Å²) in [4.78, 5) is 23.0. The Bertz CT molecular complexity index is 761. The summed E-state index contributed by atoms with van der Waals surface area (Å²) in [6.45, 7) is 7.92. The van der Waals surface area contributed by atoms with E-state index in [4.69, 9.17) is 0 Å². The van der Waals surface area contributed by atoms with Crippen molar-refractivity contribution in [3.63, 3.8) is 0 Å². The summed E-state index contributed by atoms with van der Waals surface area (Å²) in [6.07, 6.45) is 6.11. The van der Waals surface area contributed by atoms with Gasteiger partial charge in [-0.05, 0) is 35.6 Å².